The molecule has 4 aromatic heterocycles. The minimum absolute atomic E-state index is 0.904. The lowest BCUT2D eigenvalue weighted by Crippen LogP contribution is -1.92. The summed E-state index contributed by atoms with van der Waals surface area (Å²) in [5.74, 6) is 0. The smallest absolute Gasteiger partial charge is 0.0747 e. The Balaban J connectivity index is 1.65. The minimum atomic E-state index is 0.904. The minimum Gasteiger partial charge on any atom is -0.264 e. The van der Waals surface area contributed by atoms with E-state index in [2.05, 4.69) is 39.0 Å². The molecule has 0 aliphatic carbocycles. The van der Waals surface area contributed by atoms with Crippen LogP contribution < -0.4 is 0 Å². The molecule has 0 spiro atoms. The van der Waals surface area contributed by atoms with Gasteiger partial charge < -0.3 is 0 Å². The quantitative estimate of drug-likeness (QED) is 0.553. The maximum Gasteiger partial charge on any atom is 0.0747 e. The van der Waals surface area contributed by atoms with Crippen LogP contribution in [0, 0.1) is 6.92 Å². The maximum atomic E-state index is 4.62. The summed E-state index contributed by atoms with van der Waals surface area (Å²) in [5.41, 5.74) is 7.08. The molecule has 0 atom stereocenters. The van der Waals surface area contributed by atoms with Crippen molar-refractivity contribution < 1.29 is 0 Å². The van der Waals surface area contributed by atoms with Crippen molar-refractivity contribution in [2.45, 2.75) is 6.92 Å². The van der Waals surface area contributed by atoms with Gasteiger partial charge in [-0.3, -0.25) is 19.9 Å². The summed E-state index contributed by atoms with van der Waals surface area (Å²) in [6.45, 7) is 2.06. The highest BCUT2D eigenvalue weighted by molar-refractivity contribution is 5.69. The van der Waals surface area contributed by atoms with Gasteiger partial charge in [0, 0.05) is 59.4 Å². The van der Waals surface area contributed by atoms with E-state index < -0.39 is 0 Å². The van der Waals surface area contributed by atoms with E-state index in [9.17, 15) is 0 Å². The first-order valence-electron chi connectivity index (χ1n) is 8.05. The molecule has 0 aliphatic heterocycles. The first-order valence-corrected chi connectivity index (χ1v) is 8.05. The van der Waals surface area contributed by atoms with E-state index in [1.54, 1.807) is 12.4 Å². The molecule has 0 unspecified atom stereocenters. The van der Waals surface area contributed by atoms with E-state index in [1.807, 2.05) is 55.1 Å². The lowest BCUT2D eigenvalue weighted by Gasteiger charge is -2.08. The fourth-order valence-electron chi connectivity index (χ4n) is 2.79. The number of rotatable bonds is 3. The average molecular weight is 324 g/mol. The van der Waals surface area contributed by atoms with Gasteiger partial charge in [-0.05, 0) is 42.8 Å². The predicted octanol–water partition coefficient (Wildman–Crippen LogP) is 4.58. The summed E-state index contributed by atoms with van der Waals surface area (Å²) in [6, 6.07) is 14.1. The molecule has 0 amide bonds. The Morgan fingerprint density at radius 2 is 1.32 bits per heavy atom. The molecule has 4 aromatic rings. The number of pyridine rings is 4. The molecule has 4 heteroatoms. The zero-order chi connectivity index (χ0) is 17.1. The second-order valence-electron chi connectivity index (χ2n) is 5.81. The van der Waals surface area contributed by atoms with Gasteiger partial charge in [-0.25, -0.2) is 0 Å². The largest absolute Gasteiger partial charge is 0.264 e. The zero-order valence-electron chi connectivity index (χ0n) is 13.8. The van der Waals surface area contributed by atoms with E-state index in [-0.39, 0.29) is 0 Å². The van der Waals surface area contributed by atoms with Crippen LogP contribution in [0.25, 0.3) is 33.6 Å². The van der Waals surface area contributed by atoms with Crippen LogP contribution in [-0.4, -0.2) is 19.9 Å². The zero-order valence-corrected chi connectivity index (χ0v) is 13.8. The molecular formula is C21H16N4. The van der Waals surface area contributed by atoms with Gasteiger partial charge in [-0.1, -0.05) is 12.1 Å². The fourth-order valence-corrected chi connectivity index (χ4v) is 2.79. The summed E-state index contributed by atoms with van der Waals surface area (Å²) in [7, 11) is 0. The van der Waals surface area contributed by atoms with Gasteiger partial charge in [0.25, 0.3) is 0 Å². The molecule has 4 nitrogen and oxygen atoms in total. The lowest BCUT2D eigenvalue weighted by atomic mass is 10.0. The van der Waals surface area contributed by atoms with Gasteiger partial charge in [0.05, 0.1) is 11.4 Å². The SMILES string of the molecule is Cc1cc(-c2ccc(-c3cccnc3)cn2)cnc1-c1cccnc1. The normalized spacial score (nSPS) is 10.6. The highest BCUT2D eigenvalue weighted by atomic mass is 14.7. The monoisotopic (exact) mass is 324 g/mol. The first kappa shape index (κ1) is 15.1. The van der Waals surface area contributed by atoms with Crippen LogP contribution in [0.4, 0.5) is 0 Å². The van der Waals surface area contributed by atoms with Crippen molar-refractivity contribution in [3.63, 3.8) is 0 Å². The molecule has 0 aliphatic rings. The highest BCUT2D eigenvalue weighted by Crippen LogP contribution is 2.26. The molecule has 4 rings (SSSR count). The number of hydrogen-bond donors (Lipinski definition) is 0. The molecule has 0 saturated heterocycles. The number of nitrogens with zero attached hydrogens (tertiary/aromatic N) is 4. The van der Waals surface area contributed by atoms with Crippen LogP contribution in [0.15, 0.2) is 79.6 Å². The Labute approximate surface area is 146 Å². The Morgan fingerprint density at radius 3 is 1.92 bits per heavy atom. The molecule has 0 radical (unpaired) electrons. The standard InChI is InChI=1S/C21H16N4/c1-15-10-19(14-25-21(15)18-5-3-9-23-12-18)20-7-6-17(13-24-20)16-4-2-8-22-11-16/h2-14H,1H3. The number of aryl methyl sites for hydroxylation is 1. The molecule has 0 fully saturated rings. The molecule has 120 valence electrons. The second kappa shape index (κ2) is 6.61. The molecule has 0 bridgehead atoms. The average Bonchev–Trinajstić information content (AvgIpc) is 2.69. The van der Waals surface area contributed by atoms with Crippen LogP contribution in [0.3, 0.4) is 0 Å². The van der Waals surface area contributed by atoms with Crippen molar-refractivity contribution in [1.29, 1.82) is 0 Å². The van der Waals surface area contributed by atoms with E-state index in [1.165, 1.54) is 0 Å². The Bertz CT molecular complexity index is 981. The van der Waals surface area contributed by atoms with Crippen molar-refractivity contribution in [2.24, 2.45) is 0 Å². The van der Waals surface area contributed by atoms with Gasteiger partial charge in [0.1, 0.15) is 0 Å². The van der Waals surface area contributed by atoms with Crippen molar-refractivity contribution in [3.8, 4) is 33.6 Å². The van der Waals surface area contributed by atoms with Crippen molar-refractivity contribution in [1.82, 2.24) is 19.9 Å². The summed E-state index contributed by atoms with van der Waals surface area (Å²) in [6.07, 6.45) is 10.9. The van der Waals surface area contributed by atoms with Crippen LogP contribution in [0.5, 0.6) is 0 Å². The fraction of sp³-hybridized carbons (Fsp3) is 0.0476. The molecule has 0 saturated carbocycles. The number of hydrogen-bond acceptors (Lipinski definition) is 4. The predicted molar refractivity (Wildman–Crippen MR) is 98.7 cm³/mol. The lowest BCUT2D eigenvalue weighted by molar-refractivity contribution is 1.23. The van der Waals surface area contributed by atoms with Crippen LogP contribution in [0.1, 0.15) is 5.56 Å². The van der Waals surface area contributed by atoms with Gasteiger partial charge >= 0.3 is 0 Å². The third kappa shape index (κ3) is 3.15. The van der Waals surface area contributed by atoms with E-state index in [0.717, 1.165) is 39.2 Å². The molecule has 0 aromatic carbocycles. The number of aromatic nitrogens is 4. The van der Waals surface area contributed by atoms with E-state index in [0.29, 0.717) is 0 Å². The van der Waals surface area contributed by atoms with Gasteiger partial charge in [0.2, 0.25) is 0 Å². The van der Waals surface area contributed by atoms with E-state index >= 15 is 0 Å². The third-order valence-electron chi connectivity index (χ3n) is 4.07. The Morgan fingerprint density at radius 1 is 0.640 bits per heavy atom. The summed E-state index contributed by atoms with van der Waals surface area (Å²) in [5, 5.41) is 0. The summed E-state index contributed by atoms with van der Waals surface area (Å²) in [4.78, 5) is 17.5. The van der Waals surface area contributed by atoms with Crippen molar-refractivity contribution in [2.75, 3.05) is 0 Å². The third-order valence-corrected chi connectivity index (χ3v) is 4.07. The van der Waals surface area contributed by atoms with Crippen LogP contribution in [-0.2, 0) is 0 Å². The van der Waals surface area contributed by atoms with Gasteiger partial charge in [0.15, 0.2) is 0 Å². The molecule has 25 heavy (non-hydrogen) atoms. The Hall–Kier alpha value is -3.40. The second-order valence-corrected chi connectivity index (χ2v) is 5.81. The van der Waals surface area contributed by atoms with Crippen molar-refractivity contribution >= 4 is 0 Å². The van der Waals surface area contributed by atoms with Crippen LogP contribution >= 0.6 is 0 Å². The van der Waals surface area contributed by atoms with Gasteiger partial charge in [-0.2, -0.15) is 0 Å². The molecule has 0 N–H and O–H groups in total. The Kier molecular flexibility index (Phi) is 4.01. The molecule has 4 heterocycles. The highest BCUT2D eigenvalue weighted by Gasteiger charge is 2.07. The summed E-state index contributed by atoms with van der Waals surface area (Å²) >= 11 is 0. The van der Waals surface area contributed by atoms with Crippen LogP contribution in [0.2, 0.25) is 0 Å². The first-order chi connectivity index (χ1) is 12.3. The van der Waals surface area contributed by atoms with Crippen molar-refractivity contribution in [3.05, 3.63) is 85.2 Å². The van der Waals surface area contributed by atoms with Gasteiger partial charge in [-0.15, -0.1) is 0 Å². The van der Waals surface area contributed by atoms with E-state index in [4.69, 9.17) is 0 Å². The summed E-state index contributed by atoms with van der Waals surface area (Å²) < 4.78 is 0. The maximum absolute atomic E-state index is 4.62. The topological polar surface area (TPSA) is 51.6 Å². The molecular weight excluding hydrogens is 308 g/mol.